The number of nitriles is 1. The minimum atomic E-state index is -0.753. The summed E-state index contributed by atoms with van der Waals surface area (Å²) in [6.45, 7) is 5.84. The molecule has 0 radical (unpaired) electrons. The molecule has 2 nitrogen and oxygen atoms in total. The lowest BCUT2D eigenvalue weighted by atomic mass is 9.68. The summed E-state index contributed by atoms with van der Waals surface area (Å²) in [6, 6.07) is 2.29. The number of rotatable bonds is 4. The molecule has 1 fully saturated rings. The highest BCUT2D eigenvalue weighted by molar-refractivity contribution is 5.13. The first-order valence-corrected chi connectivity index (χ1v) is 5.17. The normalized spacial score (nSPS) is 25.8. The summed E-state index contributed by atoms with van der Waals surface area (Å²) in [4.78, 5) is 0. The van der Waals surface area contributed by atoms with E-state index < -0.39 is 11.0 Å². The molecule has 74 valence electrons. The summed E-state index contributed by atoms with van der Waals surface area (Å²) in [7, 11) is 0. The van der Waals surface area contributed by atoms with E-state index in [1.807, 2.05) is 20.8 Å². The molecule has 0 aliphatic heterocycles. The second-order valence-electron chi connectivity index (χ2n) is 4.35. The molecule has 0 aromatic carbocycles. The molecule has 2 unspecified atom stereocenters. The van der Waals surface area contributed by atoms with Crippen LogP contribution in [0.1, 0.15) is 46.5 Å². The van der Waals surface area contributed by atoms with Crippen LogP contribution in [0.3, 0.4) is 0 Å². The van der Waals surface area contributed by atoms with E-state index >= 15 is 0 Å². The molecule has 1 aliphatic carbocycles. The van der Waals surface area contributed by atoms with Crippen LogP contribution in [0.4, 0.5) is 0 Å². The Morgan fingerprint density at radius 1 is 1.38 bits per heavy atom. The van der Waals surface area contributed by atoms with Gasteiger partial charge in [0.25, 0.3) is 0 Å². The Labute approximate surface area is 80.6 Å². The van der Waals surface area contributed by atoms with Crippen LogP contribution in [0, 0.1) is 22.7 Å². The van der Waals surface area contributed by atoms with E-state index in [1.165, 1.54) is 0 Å². The van der Waals surface area contributed by atoms with Crippen LogP contribution < -0.4 is 0 Å². The van der Waals surface area contributed by atoms with E-state index in [0.717, 1.165) is 19.3 Å². The third-order valence-corrected chi connectivity index (χ3v) is 3.70. The fourth-order valence-corrected chi connectivity index (χ4v) is 2.17. The van der Waals surface area contributed by atoms with Crippen molar-refractivity contribution in [3.63, 3.8) is 0 Å². The molecular weight excluding hydrogens is 162 g/mol. The van der Waals surface area contributed by atoms with Crippen molar-refractivity contribution in [2.75, 3.05) is 0 Å². The van der Waals surface area contributed by atoms with Gasteiger partial charge < -0.3 is 5.11 Å². The van der Waals surface area contributed by atoms with Crippen LogP contribution in [0.25, 0.3) is 0 Å². The SMILES string of the molecule is CCC(C)(C#N)C(O)(CC)C1CC1. The summed E-state index contributed by atoms with van der Waals surface area (Å²) in [5.41, 5.74) is -1.32. The zero-order valence-electron chi connectivity index (χ0n) is 8.80. The molecule has 0 spiro atoms. The highest BCUT2D eigenvalue weighted by Gasteiger charge is 2.54. The Bertz CT molecular complexity index is 229. The molecule has 0 aromatic rings. The topological polar surface area (TPSA) is 44.0 Å². The van der Waals surface area contributed by atoms with Gasteiger partial charge in [0, 0.05) is 0 Å². The van der Waals surface area contributed by atoms with Gasteiger partial charge in [0.15, 0.2) is 0 Å². The van der Waals surface area contributed by atoms with Gasteiger partial charge in [0.05, 0.1) is 17.1 Å². The van der Waals surface area contributed by atoms with E-state index in [-0.39, 0.29) is 0 Å². The lowest BCUT2D eigenvalue weighted by Gasteiger charge is -2.39. The molecule has 1 saturated carbocycles. The fourth-order valence-electron chi connectivity index (χ4n) is 2.17. The predicted molar refractivity (Wildman–Crippen MR) is 52.0 cm³/mol. The van der Waals surface area contributed by atoms with Gasteiger partial charge >= 0.3 is 0 Å². The Morgan fingerprint density at radius 3 is 2.15 bits per heavy atom. The van der Waals surface area contributed by atoms with Crippen molar-refractivity contribution in [2.24, 2.45) is 11.3 Å². The maximum absolute atomic E-state index is 10.5. The molecule has 2 atom stereocenters. The highest BCUT2D eigenvalue weighted by Crippen LogP contribution is 2.51. The third kappa shape index (κ3) is 1.46. The van der Waals surface area contributed by atoms with Gasteiger partial charge in [0.2, 0.25) is 0 Å². The number of nitrogens with zero attached hydrogens (tertiary/aromatic N) is 1. The number of hydrogen-bond donors (Lipinski definition) is 1. The third-order valence-electron chi connectivity index (χ3n) is 3.70. The molecule has 1 rings (SSSR count). The monoisotopic (exact) mass is 181 g/mol. The van der Waals surface area contributed by atoms with Crippen molar-refractivity contribution in [3.05, 3.63) is 0 Å². The zero-order valence-corrected chi connectivity index (χ0v) is 8.80. The Balaban J connectivity index is 2.92. The summed E-state index contributed by atoms with van der Waals surface area (Å²) in [6.07, 6.45) is 3.59. The Kier molecular flexibility index (Phi) is 2.68. The Hall–Kier alpha value is -0.550. The van der Waals surface area contributed by atoms with Crippen molar-refractivity contribution >= 4 is 0 Å². The van der Waals surface area contributed by atoms with Crippen LogP contribution in [0.2, 0.25) is 0 Å². The maximum Gasteiger partial charge on any atom is 0.0855 e. The number of aliphatic hydroxyl groups is 1. The second-order valence-corrected chi connectivity index (χ2v) is 4.35. The van der Waals surface area contributed by atoms with Crippen LogP contribution in [0.5, 0.6) is 0 Å². The van der Waals surface area contributed by atoms with Crippen molar-refractivity contribution in [2.45, 2.75) is 52.1 Å². The van der Waals surface area contributed by atoms with Gasteiger partial charge in [-0.1, -0.05) is 13.8 Å². The molecule has 0 aromatic heterocycles. The van der Waals surface area contributed by atoms with Crippen molar-refractivity contribution < 1.29 is 5.11 Å². The first kappa shape index (κ1) is 10.5. The van der Waals surface area contributed by atoms with E-state index in [4.69, 9.17) is 5.26 Å². The first-order valence-electron chi connectivity index (χ1n) is 5.17. The minimum Gasteiger partial charge on any atom is -0.388 e. The van der Waals surface area contributed by atoms with Crippen LogP contribution >= 0.6 is 0 Å². The summed E-state index contributed by atoms with van der Waals surface area (Å²) in [5, 5.41) is 19.6. The lowest BCUT2D eigenvalue weighted by Crippen LogP contribution is -2.46. The molecule has 0 heterocycles. The van der Waals surface area contributed by atoms with Crippen molar-refractivity contribution in [3.8, 4) is 6.07 Å². The quantitative estimate of drug-likeness (QED) is 0.724. The summed E-state index contributed by atoms with van der Waals surface area (Å²) < 4.78 is 0. The highest BCUT2D eigenvalue weighted by atomic mass is 16.3. The predicted octanol–water partition coefficient (Wildman–Crippen LogP) is 2.48. The van der Waals surface area contributed by atoms with Gasteiger partial charge in [0.1, 0.15) is 0 Å². The first-order chi connectivity index (χ1) is 6.04. The average Bonchev–Trinajstić information content (AvgIpc) is 2.98. The van der Waals surface area contributed by atoms with Gasteiger partial charge in [-0.15, -0.1) is 0 Å². The van der Waals surface area contributed by atoms with Crippen LogP contribution in [-0.2, 0) is 0 Å². The Morgan fingerprint density at radius 2 is 1.92 bits per heavy atom. The van der Waals surface area contributed by atoms with Crippen LogP contribution in [0.15, 0.2) is 0 Å². The summed E-state index contributed by atoms with van der Waals surface area (Å²) >= 11 is 0. The van der Waals surface area contributed by atoms with Crippen molar-refractivity contribution in [1.29, 1.82) is 5.26 Å². The molecular formula is C11H19NO. The van der Waals surface area contributed by atoms with Gasteiger partial charge in [-0.25, -0.2) is 0 Å². The zero-order chi connectivity index (χ0) is 10.1. The van der Waals surface area contributed by atoms with Crippen LogP contribution in [-0.4, -0.2) is 10.7 Å². The average molecular weight is 181 g/mol. The molecule has 2 heteroatoms. The maximum atomic E-state index is 10.5. The van der Waals surface area contributed by atoms with E-state index in [0.29, 0.717) is 12.3 Å². The molecule has 0 bridgehead atoms. The van der Waals surface area contributed by atoms with E-state index in [1.54, 1.807) is 0 Å². The number of hydrogen-bond acceptors (Lipinski definition) is 2. The molecule has 1 aliphatic rings. The van der Waals surface area contributed by atoms with Gasteiger partial charge in [-0.05, 0) is 38.5 Å². The fraction of sp³-hybridized carbons (Fsp3) is 0.909. The molecule has 0 amide bonds. The largest absolute Gasteiger partial charge is 0.388 e. The van der Waals surface area contributed by atoms with Crippen molar-refractivity contribution in [1.82, 2.24) is 0 Å². The smallest absolute Gasteiger partial charge is 0.0855 e. The van der Waals surface area contributed by atoms with E-state index in [9.17, 15) is 5.11 Å². The molecule has 13 heavy (non-hydrogen) atoms. The van der Waals surface area contributed by atoms with Gasteiger partial charge in [-0.3, -0.25) is 0 Å². The minimum absolute atomic E-state index is 0.363. The standard InChI is InChI=1S/C11H19NO/c1-4-10(3,8-12)11(13,5-2)9-6-7-9/h9,13H,4-7H2,1-3H3. The molecule has 0 saturated heterocycles. The molecule has 1 N–H and O–H groups in total. The lowest BCUT2D eigenvalue weighted by molar-refractivity contribution is -0.0713. The van der Waals surface area contributed by atoms with E-state index in [2.05, 4.69) is 6.07 Å². The second kappa shape index (κ2) is 3.31. The van der Waals surface area contributed by atoms with Gasteiger partial charge in [-0.2, -0.15) is 5.26 Å². The summed E-state index contributed by atoms with van der Waals surface area (Å²) in [5.74, 6) is 0.363.